The summed E-state index contributed by atoms with van der Waals surface area (Å²) >= 11 is 0. The number of aromatic nitrogens is 1. The van der Waals surface area contributed by atoms with Crippen molar-refractivity contribution in [1.82, 2.24) is 4.98 Å². The molecule has 0 aliphatic carbocycles. The molecule has 26 heavy (non-hydrogen) atoms. The first kappa shape index (κ1) is 18.2. The van der Waals surface area contributed by atoms with Gasteiger partial charge in [0.15, 0.2) is 6.29 Å². The van der Waals surface area contributed by atoms with Crippen molar-refractivity contribution in [3.63, 3.8) is 0 Å². The van der Waals surface area contributed by atoms with E-state index in [0.717, 1.165) is 16.5 Å². The van der Waals surface area contributed by atoms with Gasteiger partial charge in [0.05, 0.1) is 16.3 Å². The van der Waals surface area contributed by atoms with Crippen LogP contribution in [0.5, 0.6) is 0 Å². The second-order valence-electron chi connectivity index (χ2n) is 6.42. The van der Waals surface area contributed by atoms with Crippen LogP contribution in [0.1, 0.15) is 22.8 Å². The maximum atomic E-state index is 13.7. The Hall–Kier alpha value is -2.60. The van der Waals surface area contributed by atoms with Crippen molar-refractivity contribution in [3.05, 3.63) is 65.6 Å². The van der Waals surface area contributed by atoms with E-state index < -0.39 is 20.9 Å². The van der Waals surface area contributed by atoms with Crippen molar-refractivity contribution in [2.45, 2.75) is 18.6 Å². The molecule has 0 fully saturated rings. The van der Waals surface area contributed by atoms with Gasteiger partial charge in [0.1, 0.15) is 15.7 Å². The third-order valence-electron chi connectivity index (χ3n) is 4.45. The molecular formula is C20H18FNO3S. The summed E-state index contributed by atoms with van der Waals surface area (Å²) in [7, 11) is -3.16. The largest absolute Gasteiger partial charge is 0.298 e. The third-order valence-corrected chi connectivity index (χ3v) is 6.08. The van der Waals surface area contributed by atoms with E-state index in [4.69, 9.17) is 0 Å². The second-order valence-corrected chi connectivity index (χ2v) is 8.88. The van der Waals surface area contributed by atoms with Gasteiger partial charge in [-0.1, -0.05) is 12.1 Å². The molecule has 0 saturated heterocycles. The maximum absolute atomic E-state index is 13.7. The maximum Gasteiger partial charge on any atom is 0.153 e. The van der Waals surface area contributed by atoms with Gasteiger partial charge in [-0.25, -0.2) is 12.8 Å². The van der Waals surface area contributed by atoms with Gasteiger partial charge in [0.25, 0.3) is 0 Å². The average Bonchev–Trinajstić information content (AvgIpc) is 2.60. The molecule has 134 valence electrons. The first-order chi connectivity index (χ1) is 12.3. The van der Waals surface area contributed by atoms with Gasteiger partial charge in [-0.3, -0.25) is 9.78 Å². The number of nitrogens with zero attached hydrogens (tertiary/aromatic N) is 1. The summed E-state index contributed by atoms with van der Waals surface area (Å²) < 4.78 is 37.2. The zero-order valence-electron chi connectivity index (χ0n) is 14.4. The molecule has 0 spiro atoms. The number of carbonyl (C=O) groups is 1. The van der Waals surface area contributed by atoms with E-state index in [1.54, 1.807) is 25.3 Å². The lowest BCUT2D eigenvalue weighted by molar-refractivity contribution is 0.112. The van der Waals surface area contributed by atoms with Crippen molar-refractivity contribution in [3.8, 4) is 11.1 Å². The van der Waals surface area contributed by atoms with Gasteiger partial charge < -0.3 is 0 Å². The van der Waals surface area contributed by atoms with Crippen molar-refractivity contribution >= 4 is 27.0 Å². The lowest BCUT2D eigenvalue weighted by Crippen LogP contribution is -2.18. The summed E-state index contributed by atoms with van der Waals surface area (Å²) in [5, 5.41) is 0.334. The molecular weight excluding hydrogens is 353 g/mol. The van der Waals surface area contributed by atoms with Crippen LogP contribution < -0.4 is 0 Å². The fourth-order valence-corrected chi connectivity index (χ4v) is 3.37. The number of carbonyl (C=O) groups excluding carboxylic acids is 1. The average molecular weight is 371 g/mol. The lowest BCUT2D eigenvalue weighted by Gasteiger charge is -2.13. The van der Waals surface area contributed by atoms with Crippen LogP contribution in [0.15, 0.2) is 48.7 Å². The molecule has 1 atom stereocenters. The highest BCUT2D eigenvalue weighted by Gasteiger charge is 2.17. The molecule has 0 saturated carbocycles. The molecule has 1 unspecified atom stereocenters. The Balaban J connectivity index is 2.19. The molecule has 4 nitrogen and oxygen atoms in total. The molecule has 1 aromatic heterocycles. The summed E-state index contributed by atoms with van der Waals surface area (Å²) in [6.07, 6.45) is 3.72. The van der Waals surface area contributed by atoms with Gasteiger partial charge in [-0.15, -0.1) is 0 Å². The molecule has 2 aromatic carbocycles. The number of sulfone groups is 1. The number of pyridine rings is 1. The van der Waals surface area contributed by atoms with Crippen LogP contribution in [0.3, 0.4) is 0 Å². The Morgan fingerprint density at radius 1 is 1.19 bits per heavy atom. The van der Waals surface area contributed by atoms with Crippen molar-refractivity contribution < 1.29 is 17.6 Å². The fourth-order valence-electron chi connectivity index (χ4n) is 2.88. The van der Waals surface area contributed by atoms with Crippen LogP contribution in [0.25, 0.3) is 22.0 Å². The standard InChI is InChI=1S/C20H18FNO3S/c1-13(26(2,24)25)8-14-9-16-4-3-7-22-20(16)18(10-14)15-5-6-19(21)17(11-15)12-23/h3-7,9-13H,8H2,1-2H3. The molecule has 3 aromatic rings. The molecule has 0 radical (unpaired) electrons. The van der Waals surface area contributed by atoms with Crippen molar-refractivity contribution in [2.24, 2.45) is 0 Å². The topological polar surface area (TPSA) is 64.1 Å². The van der Waals surface area contributed by atoms with Gasteiger partial charge in [-0.2, -0.15) is 0 Å². The lowest BCUT2D eigenvalue weighted by atomic mass is 9.96. The summed E-state index contributed by atoms with van der Waals surface area (Å²) in [6, 6.07) is 11.8. The predicted octanol–water partition coefficient (Wildman–Crippen LogP) is 3.83. The van der Waals surface area contributed by atoms with Crippen LogP contribution >= 0.6 is 0 Å². The summed E-state index contributed by atoms with van der Waals surface area (Å²) in [6.45, 7) is 1.67. The predicted molar refractivity (Wildman–Crippen MR) is 101 cm³/mol. The smallest absolute Gasteiger partial charge is 0.153 e. The number of hydrogen-bond donors (Lipinski definition) is 0. The molecule has 0 aliphatic rings. The van der Waals surface area contributed by atoms with Gasteiger partial charge in [0, 0.05) is 23.4 Å². The van der Waals surface area contributed by atoms with Crippen molar-refractivity contribution in [2.75, 3.05) is 6.26 Å². The summed E-state index contributed by atoms with van der Waals surface area (Å²) in [5.41, 5.74) is 2.93. The SMILES string of the molecule is CC(Cc1cc(-c2ccc(F)c(C=O)c2)c2ncccc2c1)S(C)(=O)=O. The number of fused-ring (bicyclic) bond motifs is 1. The van der Waals surface area contributed by atoms with Gasteiger partial charge in [0.2, 0.25) is 0 Å². The zero-order valence-corrected chi connectivity index (χ0v) is 15.3. The van der Waals surface area contributed by atoms with Crippen LogP contribution in [-0.4, -0.2) is 31.2 Å². The minimum atomic E-state index is -3.16. The normalized spacial score (nSPS) is 12.9. The van der Waals surface area contributed by atoms with E-state index >= 15 is 0 Å². The Labute approximate surface area is 151 Å². The van der Waals surface area contributed by atoms with Crippen LogP contribution in [0.2, 0.25) is 0 Å². The first-order valence-corrected chi connectivity index (χ1v) is 10.1. The molecule has 0 bridgehead atoms. The number of benzene rings is 2. The number of halogens is 1. The van der Waals surface area contributed by atoms with Gasteiger partial charge in [-0.05, 0) is 54.8 Å². The van der Waals surface area contributed by atoms with E-state index in [1.165, 1.54) is 18.4 Å². The number of hydrogen-bond acceptors (Lipinski definition) is 4. The third kappa shape index (κ3) is 3.65. The summed E-state index contributed by atoms with van der Waals surface area (Å²) in [4.78, 5) is 15.5. The Morgan fingerprint density at radius 2 is 1.96 bits per heavy atom. The minimum absolute atomic E-state index is 0.0264. The monoisotopic (exact) mass is 371 g/mol. The highest BCUT2D eigenvalue weighted by atomic mass is 32.2. The zero-order chi connectivity index (χ0) is 18.9. The molecule has 3 rings (SSSR count). The fraction of sp³-hybridized carbons (Fsp3) is 0.200. The molecule has 6 heteroatoms. The van der Waals surface area contributed by atoms with E-state index in [2.05, 4.69) is 4.98 Å². The van der Waals surface area contributed by atoms with E-state index in [0.29, 0.717) is 23.8 Å². The molecule has 0 amide bonds. The number of rotatable bonds is 5. The van der Waals surface area contributed by atoms with Gasteiger partial charge >= 0.3 is 0 Å². The highest BCUT2D eigenvalue weighted by Crippen LogP contribution is 2.30. The second kappa shape index (κ2) is 6.96. The molecule has 0 N–H and O–H groups in total. The van der Waals surface area contributed by atoms with Crippen LogP contribution in [0, 0.1) is 5.82 Å². The Bertz CT molecular complexity index is 1090. The Kier molecular flexibility index (Phi) is 4.87. The first-order valence-electron chi connectivity index (χ1n) is 8.11. The Morgan fingerprint density at radius 3 is 2.65 bits per heavy atom. The summed E-state index contributed by atoms with van der Waals surface area (Å²) in [5.74, 6) is -0.581. The molecule has 1 heterocycles. The molecule has 0 aliphatic heterocycles. The van der Waals surface area contributed by atoms with E-state index in [-0.39, 0.29) is 5.56 Å². The number of aldehydes is 1. The highest BCUT2D eigenvalue weighted by molar-refractivity contribution is 7.91. The van der Waals surface area contributed by atoms with E-state index in [9.17, 15) is 17.6 Å². The quantitative estimate of drug-likeness (QED) is 0.640. The van der Waals surface area contributed by atoms with Crippen LogP contribution in [-0.2, 0) is 16.3 Å². The van der Waals surface area contributed by atoms with E-state index in [1.807, 2.05) is 18.2 Å². The van der Waals surface area contributed by atoms with Crippen molar-refractivity contribution in [1.29, 1.82) is 0 Å². The van der Waals surface area contributed by atoms with Crippen LogP contribution in [0.4, 0.5) is 4.39 Å². The minimum Gasteiger partial charge on any atom is -0.298 e.